The predicted octanol–water partition coefficient (Wildman–Crippen LogP) is 8.03. The van der Waals surface area contributed by atoms with Gasteiger partial charge in [0.15, 0.2) is 0 Å². The number of halogens is 5. The monoisotopic (exact) mass is 462 g/mol. The smallest absolute Gasteiger partial charge is 0.419 e. The number of aromatic nitrogens is 2. The average molecular weight is 463 g/mol. The number of alkyl halides is 5. The molecule has 2 aromatic rings. The normalized spacial score (nSPS) is 13.4. The van der Waals surface area contributed by atoms with E-state index in [9.17, 15) is 22.0 Å². The van der Waals surface area contributed by atoms with Crippen molar-refractivity contribution in [1.82, 2.24) is 10.1 Å². The van der Waals surface area contributed by atoms with Gasteiger partial charge in [-0.15, -0.1) is 0 Å². The Balaban J connectivity index is 2.10. The molecule has 0 aliphatic rings. The molecule has 0 N–H and O–H groups in total. The largest absolute Gasteiger partial charge is 0.493 e. The van der Waals surface area contributed by atoms with Crippen LogP contribution in [0.5, 0.6) is 5.75 Å². The van der Waals surface area contributed by atoms with Crippen LogP contribution in [0.4, 0.5) is 22.0 Å². The second-order valence-corrected chi connectivity index (χ2v) is 8.10. The molecule has 1 unspecified atom stereocenters. The topological polar surface area (TPSA) is 48.2 Å². The maximum absolute atomic E-state index is 13.6. The quantitative estimate of drug-likeness (QED) is 0.223. The van der Waals surface area contributed by atoms with Gasteiger partial charge in [0.25, 0.3) is 0 Å². The summed E-state index contributed by atoms with van der Waals surface area (Å²) >= 11 is 0. The summed E-state index contributed by atoms with van der Waals surface area (Å²) in [5.74, 6) is -3.99. The van der Waals surface area contributed by atoms with Gasteiger partial charge in [-0.25, -0.2) is 8.78 Å². The van der Waals surface area contributed by atoms with E-state index in [2.05, 4.69) is 17.1 Å². The van der Waals surface area contributed by atoms with Gasteiger partial charge in [0.05, 0.1) is 12.2 Å². The third kappa shape index (κ3) is 7.74. The molecule has 1 aromatic carbocycles. The van der Waals surface area contributed by atoms with Crippen molar-refractivity contribution in [2.24, 2.45) is 0 Å². The molecule has 32 heavy (non-hydrogen) atoms. The van der Waals surface area contributed by atoms with Gasteiger partial charge >= 0.3 is 6.18 Å². The fourth-order valence-electron chi connectivity index (χ4n) is 3.31. The summed E-state index contributed by atoms with van der Waals surface area (Å²) in [6.07, 6.45) is 0.568. The lowest BCUT2D eigenvalue weighted by Crippen LogP contribution is -2.17. The highest BCUT2D eigenvalue weighted by Crippen LogP contribution is 2.39. The molecule has 0 saturated heterocycles. The third-order valence-corrected chi connectivity index (χ3v) is 5.28. The third-order valence-electron chi connectivity index (χ3n) is 5.28. The van der Waals surface area contributed by atoms with E-state index >= 15 is 0 Å². The minimum Gasteiger partial charge on any atom is -0.493 e. The van der Waals surface area contributed by atoms with Crippen LogP contribution in [-0.2, 0) is 6.18 Å². The SMILES string of the molecule is CCCCCCCCOc1ccc(-c2noc(C(C)CC(F)(F)CC)n2)cc1C(F)(F)F. The molecule has 4 nitrogen and oxygen atoms in total. The summed E-state index contributed by atoms with van der Waals surface area (Å²) in [7, 11) is 0. The standard InChI is InChI=1S/C23H31F5N2O2/c1-4-6-7-8-9-10-13-31-19-12-11-17(14-18(19)23(26,27)28)20-29-21(32-30-20)16(3)15-22(24,25)5-2/h11-12,14,16H,4-10,13,15H2,1-3H3. The Labute approximate surface area is 185 Å². The van der Waals surface area contributed by atoms with Crippen LogP contribution in [0.2, 0.25) is 0 Å². The van der Waals surface area contributed by atoms with Gasteiger partial charge in [0.1, 0.15) is 5.75 Å². The van der Waals surface area contributed by atoms with Crippen molar-refractivity contribution < 1.29 is 31.2 Å². The van der Waals surface area contributed by atoms with Crippen molar-refractivity contribution in [3.05, 3.63) is 29.7 Å². The first kappa shape index (κ1) is 26.1. The van der Waals surface area contributed by atoms with Crippen LogP contribution in [0.1, 0.15) is 89.5 Å². The zero-order chi connectivity index (χ0) is 23.8. The van der Waals surface area contributed by atoms with Crippen molar-refractivity contribution in [3.8, 4) is 17.1 Å². The fraction of sp³-hybridized carbons (Fsp3) is 0.652. The Morgan fingerprint density at radius 1 is 1.00 bits per heavy atom. The molecule has 0 spiro atoms. The van der Waals surface area contributed by atoms with Gasteiger partial charge in [-0.3, -0.25) is 0 Å². The van der Waals surface area contributed by atoms with Crippen LogP contribution in [0, 0.1) is 0 Å². The molecule has 1 atom stereocenters. The molecule has 1 aromatic heterocycles. The van der Waals surface area contributed by atoms with E-state index in [1.165, 1.54) is 26.0 Å². The summed E-state index contributed by atoms with van der Waals surface area (Å²) < 4.78 is 78.5. The van der Waals surface area contributed by atoms with Crippen LogP contribution in [0.3, 0.4) is 0 Å². The Kier molecular flexibility index (Phi) is 9.46. The first-order valence-electron chi connectivity index (χ1n) is 11.1. The number of rotatable bonds is 13. The molecule has 2 rings (SSSR count). The molecular formula is C23H31F5N2O2. The van der Waals surface area contributed by atoms with Crippen molar-refractivity contribution in [2.45, 2.75) is 90.2 Å². The minimum absolute atomic E-state index is 0.0370. The van der Waals surface area contributed by atoms with Gasteiger partial charge in [-0.05, 0) is 24.6 Å². The van der Waals surface area contributed by atoms with E-state index in [4.69, 9.17) is 9.26 Å². The van der Waals surface area contributed by atoms with Crippen LogP contribution in [-0.4, -0.2) is 22.7 Å². The molecule has 0 bridgehead atoms. The molecule has 0 saturated carbocycles. The highest BCUT2D eigenvalue weighted by molar-refractivity contribution is 5.59. The van der Waals surface area contributed by atoms with Crippen molar-refractivity contribution in [3.63, 3.8) is 0 Å². The first-order valence-corrected chi connectivity index (χ1v) is 11.1. The summed E-state index contributed by atoms with van der Waals surface area (Å²) in [6.45, 7) is 5.21. The number of hydrogen-bond acceptors (Lipinski definition) is 4. The lowest BCUT2D eigenvalue weighted by molar-refractivity contribution is -0.138. The second kappa shape index (κ2) is 11.6. The Morgan fingerprint density at radius 3 is 2.34 bits per heavy atom. The Hall–Kier alpha value is -2.19. The summed E-state index contributed by atoms with van der Waals surface area (Å²) in [5, 5.41) is 3.69. The maximum atomic E-state index is 13.6. The lowest BCUT2D eigenvalue weighted by atomic mass is 10.0. The number of benzene rings is 1. The number of unbranched alkanes of at least 4 members (excludes halogenated alkanes) is 5. The maximum Gasteiger partial charge on any atom is 0.419 e. The first-order chi connectivity index (χ1) is 15.1. The highest BCUT2D eigenvalue weighted by atomic mass is 19.4. The van der Waals surface area contributed by atoms with Crippen molar-refractivity contribution in [2.75, 3.05) is 6.61 Å². The predicted molar refractivity (Wildman–Crippen MR) is 112 cm³/mol. The molecule has 180 valence electrons. The van der Waals surface area contributed by atoms with Crippen LogP contribution in [0.25, 0.3) is 11.4 Å². The minimum atomic E-state index is -4.63. The average Bonchev–Trinajstić information content (AvgIpc) is 3.23. The van der Waals surface area contributed by atoms with Crippen LogP contribution >= 0.6 is 0 Å². The van der Waals surface area contributed by atoms with E-state index in [0.717, 1.165) is 38.2 Å². The Bertz CT molecular complexity index is 836. The zero-order valence-electron chi connectivity index (χ0n) is 18.8. The molecule has 9 heteroatoms. The number of ether oxygens (including phenoxy) is 1. The van der Waals surface area contributed by atoms with E-state index in [1.54, 1.807) is 0 Å². The molecular weight excluding hydrogens is 431 g/mol. The molecule has 0 amide bonds. The molecule has 0 radical (unpaired) electrons. The van der Waals surface area contributed by atoms with Gasteiger partial charge in [-0.1, -0.05) is 58.0 Å². The van der Waals surface area contributed by atoms with Gasteiger partial charge in [0, 0.05) is 24.3 Å². The second-order valence-electron chi connectivity index (χ2n) is 8.10. The summed E-state index contributed by atoms with van der Waals surface area (Å²) in [5.41, 5.74) is -0.855. The number of hydrogen-bond donors (Lipinski definition) is 0. The van der Waals surface area contributed by atoms with Crippen molar-refractivity contribution >= 4 is 0 Å². The lowest BCUT2D eigenvalue weighted by Gasteiger charge is -2.16. The van der Waals surface area contributed by atoms with E-state index in [1.807, 2.05) is 0 Å². The molecule has 0 fully saturated rings. The van der Waals surface area contributed by atoms with E-state index < -0.39 is 30.0 Å². The summed E-state index contributed by atoms with van der Waals surface area (Å²) in [4.78, 5) is 4.04. The number of nitrogens with zero attached hydrogens (tertiary/aromatic N) is 2. The van der Waals surface area contributed by atoms with Gasteiger partial charge in [-0.2, -0.15) is 18.2 Å². The van der Waals surface area contributed by atoms with Gasteiger partial charge < -0.3 is 9.26 Å². The van der Waals surface area contributed by atoms with Crippen molar-refractivity contribution in [1.29, 1.82) is 0 Å². The van der Waals surface area contributed by atoms with Crippen LogP contribution < -0.4 is 4.74 Å². The fourth-order valence-corrected chi connectivity index (χ4v) is 3.31. The van der Waals surface area contributed by atoms with Crippen LogP contribution in [0.15, 0.2) is 22.7 Å². The molecule has 0 aliphatic heterocycles. The van der Waals surface area contributed by atoms with E-state index in [-0.39, 0.29) is 36.1 Å². The highest BCUT2D eigenvalue weighted by Gasteiger charge is 2.35. The van der Waals surface area contributed by atoms with Gasteiger partial charge in [0.2, 0.25) is 17.6 Å². The molecule has 0 aliphatic carbocycles. The van der Waals surface area contributed by atoms with E-state index in [0.29, 0.717) is 6.42 Å². The Morgan fingerprint density at radius 2 is 1.69 bits per heavy atom. The zero-order valence-corrected chi connectivity index (χ0v) is 18.8. The molecule has 1 heterocycles. The summed E-state index contributed by atoms with van der Waals surface area (Å²) in [6, 6.07) is 3.54.